The minimum absolute atomic E-state index is 0.0841. The van der Waals surface area contributed by atoms with Crippen LogP contribution in [0.15, 0.2) is 12.2 Å². The first-order chi connectivity index (χ1) is 13.0. The molecule has 1 saturated carbocycles. The molecule has 27 heavy (non-hydrogen) atoms. The van der Waals surface area contributed by atoms with Crippen LogP contribution in [-0.2, 0) is 9.59 Å². The minimum Gasteiger partial charge on any atom is -0.481 e. The molecule has 5 nitrogen and oxygen atoms in total. The molecule has 1 fully saturated rings. The molecule has 0 aromatic rings. The first kappa shape index (κ1) is 23.8. The van der Waals surface area contributed by atoms with Gasteiger partial charge >= 0.3 is 5.97 Å². The van der Waals surface area contributed by atoms with Crippen molar-refractivity contribution >= 4 is 11.8 Å². The number of aliphatic carboxylic acids is 1. The molecule has 0 saturated heterocycles. The molecule has 3 N–H and O–H groups in total. The highest BCUT2D eigenvalue weighted by molar-refractivity contribution is 5.84. The molecule has 0 aromatic carbocycles. The molecule has 0 spiro atoms. The summed E-state index contributed by atoms with van der Waals surface area (Å²) < 4.78 is 0. The molecule has 0 aromatic heterocycles. The van der Waals surface area contributed by atoms with Gasteiger partial charge < -0.3 is 15.3 Å². The number of Topliss-reactive ketones (excluding diaryl/α,β-unsaturated/α-hetero) is 1. The Morgan fingerprint density at radius 2 is 1.78 bits per heavy atom. The Balaban J connectivity index is 2.34. The van der Waals surface area contributed by atoms with Gasteiger partial charge in [0, 0.05) is 24.7 Å². The number of carboxylic acid groups (broad SMARTS) is 1. The Morgan fingerprint density at radius 1 is 1.11 bits per heavy atom. The summed E-state index contributed by atoms with van der Waals surface area (Å²) >= 11 is 0. The summed E-state index contributed by atoms with van der Waals surface area (Å²) in [5, 5.41) is 29.0. The van der Waals surface area contributed by atoms with Crippen LogP contribution >= 0.6 is 0 Å². The van der Waals surface area contributed by atoms with Crippen LogP contribution in [0.5, 0.6) is 0 Å². The molecular formula is C22H38O5. The van der Waals surface area contributed by atoms with Gasteiger partial charge in [-0.2, -0.15) is 0 Å². The average Bonchev–Trinajstić information content (AvgIpc) is 2.88. The van der Waals surface area contributed by atoms with Crippen molar-refractivity contribution < 1.29 is 24.9 Å². The van der Waals surface area contributed by atoms with E-state index in [0.29, 0.717) is 12.8 Å². The van der Waals surface area contributed by atoms with Gasteiger partial charge in [0.2, 0.25) is 0 Å². The van der Waals surface area contributed by atoms with E-state index in [4.69, 9.17) is 5.11 Å². The molecule has 5 heteroatoms. The van der Waals surface area contributed by atoms with Gasteiger partial charge in [-0.15, -0.1) is 0 Å². The summed E-state index contributed by atoms with van der Waals surface area (Å²) in [6.45, 7) is 2.19. The van der Waals surface area contributed by atoms with Gasteiger partial charge in [-0.1, -0.05) is 70.4 Å². The summed E-state index contributed by atoms with van der Waals surface area (Å²) in [7, 11) is 0. The second-order valence-electron chi connectivity index (χ2n) is 7.92. The lowest BCUT2D eigenvalue weighted by Crippen LogP contribution is -2.19. The van der Waals surface area contributed by atoms with Crippen molar-refractivity contribution in [3.63, 3.8) is 0 Å². The standard InChI is InChI=1S/C22H38O5/c1-2-3-4-5-6-8-11-17(23)14-15-19-18(20(24)16-21(19)25)12-9-7-10-13-22(26)27/h14-15,17-19,21,23,25H,2-13,16H2,1H3,(H,26,27). The van der Waals surface area contributed by atoms with E-state index in [2.05, 4.69) is 6.92 Å². The van der Waals surface area contributed by atoms with Gasteiger partial charge in [0.15, 0.2) is 0 Å². The maximum Gasteiger partial charge on any atom is 0.303 e. The van der Waals surface area contributed by atoms with Gasteiger partial charge in [-0.3, -0.25) is 9.59 Å². The molecule has 0 amide bonds. The van der Waals surface area contributed by atoms with E-state index in [0.717, 1.165) is 32.1 Å². The highest BCUT2D eigenvalue weighted by Gasteiger charge is 2.39. The number of hydrogen-bond donors (Lipinski definition) is 3. The molecule has 0 aliphatic heterocycles. The first-order valence-electron chi connectivity index (χ1n) is 10.7. The van der Waals surface area contributed by atoms with Crippen LogP contribution in [-0.4, -0.2) is 39.3 Å². The predicted molar refractivity (Wildman–Crippen MR) is 106 cm³/mol. The zero-order valence-electron chi connectivity index (χ0n) is 16.8. The van der Waals surface area contributed by atoms with Crippen molar-refractivity contribution in [3.8, 4) is 0 Å². The average molecular weight is 383 g/mol. The van der Waals surface area contributed by atoms with Gasteiger partial charge in [0.1, 0.15) is 5.78 Å². The number of hydrogen-bond acceptors (Lipinski definition) is 4. The molecule has 0 bridgehead atoms. The largest absolute Gasteiger partial charge is 0.481 e. The quantitative estimate of drug-likeness (QED) is 0.291. The molecule has 0 heterocycles. The number of rotatable bonds is 15. The summed E-state index contributed by atoms with van der Waals surface area (Å²) in [5.74, 6) is -1.14. The Bertz CT molecular complexity index is 460. The summed E-state index contributed by atoms with van der Waals surface area (Å²) in [4.78, 5) is 22.7. The van der Waals surface area contributed by atoms with E-state index < -0.39 is 18.2 Å². The molecule has 156 valence electrons. The third-order valence-corrected chi connectivity index (χ3v) is 5.55. The highest BCUT2D eigenvalue weighted by Crippen LogP contribution is 2.34. The van der Waals surface area contributed by atoms with E-state index >= 15 is 0 Å². The van der Waals surface area contributed by atoms with Crippen LogP contribution in [0.1, 0.15) is 90.4 Å². The van der Waals surface area contributed by atoms with Crippen molar-refractivity contribution in [2.24, 2.45) is 11.8 Å². The third kappa shape index (κ3) is 10.1. The highest BCUT2D eigenvalue weighted by atomic mass is 16.4. The lowest BCUT2D eigenvalue weighted by molar-refractivity contribution is -0.137. The molecule has 1 aliphatic carbocycles. The second-order valence-corrected chi connectivity index (χ2v) is 7.92. The Labute approximate surface area is 163 Å². The van der Waals surface area contributed by atoms with E-state index in [9.17, 15) is 19.8 Å². The smallest absolute Gasteiger partial charge is 0.303 e. The Hall–Kier alpha value is -1.20. The van der Waals surface area contributed by atoms with Gasteiger partial charge in [0.25, 0.3) is 0 Å². The van der Waals surface area contributed by atoms with E-state index in [1.54, 1.807) is 6.08 Å². The number of ketones is 1. The fraction of sp³-hybridized carbons (Fsp3) is 0.818. The monoisotopic (exact) mass is 382 g/mol. The normalized spacial score (nSPS) is 24.0. The van der Waals surface area contributed by atoms with Crippen LogP contribution in [0.25, 0.3) is 0 Å². The fourth-order valence-corrected chi connectivity index (χ4v) is 3.90. The van der Waals surface area contributed by atoms with Crippen LogP contribution in [0, 0.1) is 11.8 Å². The maximum absolute atomic E-state index is 12.2. The zero-order valence-corrected chi connectivity index (χ0v) is 16.8. The number of carbonyl (C=O) groups is 2. The number of carboxylic acids is 1. The SMILES string of the molecule is CCCCCCCCC(O)C=CC1C(O)CC(=O)C1CCCCCC(=O)O. The summed E-state index contributed by atoms with van der Waals surface area (Å²) in [5.41, 5.74) is 0. The van der Waals surface area contributed by atoms with Crippen molar-refractivity contribution in [2.75, 3.05) is 0 Å². The van der Waals surface area contributed by atoms with Crippen LogP contribution in [0.3, 0.4) is 0 Å². The Kier molecular flexibility index (Phi) is 12.3. The maximum atomic E-state index is 12.2. The molecule has 0 radical (unpaired) electrons. The number of carbonyl (C=O) groups excluding carboxylic acids is 1. The molecule has 4 unspecified atom stereocenters. The minimum atomic E-state index is -0.789. The predicted octanol–water partition coefficient (Wildman–Crippen LogP) is 4.26. The fourth-order valence-electron chi connectivity index (χ4n) is 3.90. The first-order valence-corrected chi connectivity index (χ1v) is 10.7. The Morgan fingerprint density at radius 3 is 2.48 bits per heavy atom. The van der Waals surface area contributed by atoms with Crippen LogP contribution in [0.2, 0.25) is 0 Å². The van der Waals surface area contributed by atoms with Gasteiger partial charge in [-0.05, 0) is 19.3 Å². The number of unbranched alkanes of at least 4 members (excludes halogenated alkanes) is 7. The molecule has 4 atom stereocenters. The second kappa shape index (κ2) is 13.9. The molecular weight excluding hydrogens is 344 g/mol. The lowest BCUT2D eigenvalue weighted by atomic mass is 9.88. The van der Waals surface area contributed by atoms with E-state index in [1.165, 1.54) is 25.7 Å². The van der Waals surface area contributed by atoms with Crippen LogP contribution < -0.4 is 0 Å². The van der Waals surface area contributed by atoms with Gasteiger partial charge in [-0.25, -0.2) is 0 Å². The topological polar surface area (TPSA) is 94.8 Å². The lowest BCUT2D eigenvalue weighted by Gasteiger charge is -2.18. The van der Waals surface area contributed by atoms with E-state index in [1.807, 2.05) is 6.08 Å². The summed E-state index contributed by atoms with van der Waals surface area (Å²) in [6.07, 6.45) is 13.4. The van der Waals surface area contributed by atoms with Crippen molar-refractivity contribution in [3.05, 3.63) is 12.2 Å². The summed E-state index contributed by atoms with van der Waals surface area (Å²) in [6, 6.07) is 0. The third-order valence-electron chi connectivity index (χ3n) is 5.55. The van der Waals surface area contributed by atoms with E-state index in [-0.39, 0.29) is 30.5 Å². The molecule has 1 aliphatic rings. The number of aliphatic hydroxyl groups is 2. The van der Waals surface area contributed by atoms with Gasteiger partial charge in [0.05, 0.1) is 12.2 Å². The number of aliphatic hydroxyl groups excluding tert-OH is 2. The van der Waals surface area contributed by atoms with Crippen LogP contribution in [0.4, 0.5) is 0 Å². The zero-order chi connectivity index (χ0) is 20.1. The van der Waals surface area contributed by atoms with Crippen molar-refractivity contribution in [2.45, 2.75) is 103 Å². The van der Waals surface area contributed by atoms with Crippen molar-refractivity contribution in [1.29, 1.82) is 0 Å². The molecule has 1 rings (SSSR count). The van der Waals surface area contributed by atoms with Crippen molar-refractivity contribution in [1.82, 2.24) is 0 Å².